The molecule has 21 heavy (non-hydrogen) atoms. The number of methoxy groups -OCH3 is 1. The number of alkyl carbamates (subject to hydrolysis) is 1. The van der Waals surface area contributed by atoms with Gasteiger partial charge in [0.25, 0.3) is 5.19 Å². The first-order chi connectivity index (χ1) is 9.61. The van der Waals surface area contributed by atoms with Gasteiger partial charge in [-0.05, 0) is 20.8 Å². The fourth-order valence-corrected chi connectivity index (χ4v) is 2.97. The van der Waals surface area contributed by atoms with Gasteiger partial charge in [0.05, 0.1) is 12.0 Å². The van der Waals surface area contributed by atoms with E-state index in [0.717, 1.165) is 4.88 Å². The number of hydrogen-bond donors (Lipinski definition) is 2. The summed E-state index contributed by atoms with van der Waals surface area (Å²) in [5.41, 5.74) is 4.77. The number of halogens is 1. The molecule has 1 atom stereocenters. The van der Waals surface area contributed by atoms with Crippen molar-refractivity contribution in [2.45, 2.75) is 38.7 Å². The van der Waals surface area contributed by atoms with E-state index in [4.69, 9.17) is 26.8 Å². The molecule has 0 aliphatic rings. The van der Waals surface area contributed by atoms with Gasteiger partial charge in [-0.15, -0.1) is 0 Å². The molecule has 0 aliphatic carbocycles. The molecule has 1 heterocycles. The second-order valence-corrected chi connectivity index (χ2v) is 7.24. The minimum Gasteiger partial charge on any atom is -0.473 e. The Morgan fingerprint density at radius 2 is 2.05 bits per heavy atom. The highest BCUT2D eigenvalue weighted by molar-refractivity contribution is 7.14. The number of carbonyl (C=O) groups is 1. The second kappa shape index (κ2) is 6.81. The summed E-state index contributed by atoms with van der Waals surface area (Å²) >= 11 is 7.45. The average molecular weight is 336 g/mol. The molecule has 0 aromatic carbocycles. The van der Waals surface area contributed by atoms with Crippen molar-refractivity contribution in [1.29, 1.82) is 0 Å². The molecule has 1 aromatic heterocycles. The lowest BCUT2D eigenvalue weighted by atomic mass is 9.89. The van der Waals surface area contributed by atoms with Crippen molar-refractivity contribution in [1.82, 2.24) is 10.3 Å². The van der Waals surface area contributed by atoms with Crippen molar-refractivity contribution in [3.63, 3.8) is 0 Å². The van der Waals surface area contributed by atoms with Gasteiger partial charge in [0.1, 0.15) is 10.8 Å². The Kier molecular flexibility index (Phi) is 5.83. The Morgan fingerprint density at radius 1 is 1.43 bits per heavy atom. The Balaban J connectivity index is 2.80. The fraction of sp³-hybridized carbons (Fsp3) is 0.692. The number of amides is 1. The van der Waals surface area contributed by atoms with Crippen LogP contribution in [0.1, 0.15) is 32.6 Å². The largest absolute Gasteiger partial charge is 0.473 e. The molecule has 0 fully saturated rings. The highest BCUT2D eigenvalue weighted by atomic mass is 35.5. The zero-order valence-corrected chi connectivity index (χ0v) is 14.5. The minimum absolute atomic E-state index is 0.295. The quantitative estimate of drug-likeness (QED) is 0.863. The van der Waals surface area contributed by atoms with Gasteiger partial charge in [-0.2, -0.15) is 4.98 Å². The van der Waals surface area contributed by atoms with Crippen LogP contribution in [0.5, 0.6) is 5.19 Å². The summed E-state index contributed by atoms with van der Waals surface area (Å²) in [6.45, 7) is 7.92. The average Bonchev–Trinajstić information content (AvgIpc) is 2.76. The van der Waals surface area contributed by atoms with Crippen LogP contribution >= 0.6 is 22.9 Å². The fourth-order valence-electron chi connectivity index (χ4n) is 1.57. The summed E-state index contributed by atoms with van der Waals surface area (Å²) in [7, 11) is 1.53. The summed E-state index contributed by atoms with van der Waals surface area (Å²) in [6, 6.07) is 0. The van der Waals surface area contributed by atoms with Gasteiger partial charge in [-0.3, -0.25) is 0 Å². The second-order valence-electron chi connectivity index (χ2n) is 5.92. The van der Waals surface area contributed by atoms with Crippen molar-refractivity contribution in [2.24, 2.45) is 5.73 Å². The van der Waals surface area contributed by atoms with Crippen LogP contribution in [0.25, 0.3) is 0 Å². The molecule has 6 nitrogen and oxygen atoms in total. The SMILES string of the molecule is COc1nc(Cl)c(C(C)(CN)CNC(=O)OC(C)(C)C)s1. The Labute approximate surface area is 134 Å². The topological polar surface area (TPSA) is 86.5 Å². The van der Waals surface area contributed by atoms with Crippen LogP contribution in [-0.4, -0.2) is 36.9 Å². The molecule has 0 bridgehead atoms. The Morgan fingerprint density at radius 3 is 2.48 bits per heavy atom. The zero-order chi connectivity index (χ0) is 16.3. The van der Waals surface area contributed by atoms with E-state index in [1.807, 2.05) is 6.92 Å². The molecule has 0 saturated carbocycles. The zero-order valence-electron chi connectivity index (χ0n) is 12.9. The van der Waals surface area contributed by atoms with Gasteiger partial charge >= 0.3 is 6.09 Å². The van der Waals surface area contributed by atoms with Crippen molar-refractivity contribution >= 4 is 29.0 Å². The first kappa shape index (κ1) is 18.0. The highest BCUT2D eigenvalue weighted by Crippen LogP contribution is 2.37. The molecule has 0 aliphatic heterocycles. The highest BCUT2D eigenvalue weighted by Gasteiger charge is 2.32. The van der Waals surface area contributed by atoms with Crippen molar-refractivity contribution in [3.05, 3.63) is 10.0 Å². The maximum absolute atomic E-state index is 11.8. The van der Waals surface area contributed by atoms with E-state index in [2.05, 4.69) is 10.3 Å². The molecular formula is C13H22ClN3O3S. The number of carbonyl (C=O) groups excluding carboxylic acids is 1. The number of thiazole rings is 1. The van der Waals surface area contributed by atoms with Crippen LogP contribution < -0.4 is 15.8 Å². The van der Waals surface area contributed by atoms with E-state index < -0.39 is 17.1 Å². The number of nitrogens with two attached hydrogens (primary N) is 1. The lowest BCUT2D eigenvalue weighted by Crippen LogP contribution is -2.44. The van der Waals surface area contributed by atoms with Gasteiger partial charge < -0.3 is 20.5 Å². The predicted octanol–water partition coefficient (Wildman–Crippen LogP) is 2.55. The number of ether oxygens (including phenoxy) is 2. The van der Waals surface area contributed by atoms with Crippen molar-refractivity contribution < 1.29 is 14.3 Å². The van der Waals surface area contributed by atoms with Gasteiger partial charge in [0.15, 0.2) is 0 Å². The summed E-state index contributed by atoms with van der Waals surface area (Å²) in [5, 5.41) is 3.53. The lowest BCUT2D eigenvalue weighted by molar-refractivity contribution is 0.0517. The molecule has 0 radical (unpaired) electrons. The minimum atomic E-state index is -0.547. The van der Waals surface area contributed by atoms with E-state index in [1.165, 1.54) is 18.4 Å². The summed E-state index contributed by atoms with van der Waals surface area (Å²) in [6.07, 6.45) is -0.491. The molecule has 120 valence electrons. The van der Waals surface area contributed by atoms with Crippen LogP contribution in [0, 0.1) is 0 Å². The summed E-state index contributed by atoms with van der Waals surface area (Å²) in [5.74, 6) is 0. The molecule has 1 amide bonds. The van der Waals surface area contributed by atoms with Gasteiger partial charge in [0, 0.05) is 18.5 Å². The molecule has 8 heteroatoms. The molecular weight excluding hydrogens is 314 g/mol. The summed E-state index contributed by atoms with van der Waals surface area (Å²) < 4.78 is 10.3. The number of rotatable bonds is 5. The van der Waals surface area contributed by atoms with E-state index in [9.17, 15) is 4.79 Å². The van der Waals surface area contributed by atoms with E-state index in [1.54, 1.807) is 20.8 Å². The maximum Gasteiger partial charge on any atom is 0.407 e. The maximum atomic E-state index is 11.8. The molecule has 1 rings (SSSR count). The van der Waals surface area contributed by atoms with E-state index >= 15 is 0 Å². The monoisotopic (exact) mass is 335 g/mol. The van der Waals surface area contributed by atoms with Gasteiger partial charge in [-0.1, -0.05) is 29.9 Å². The van der Waals surface area contributed by atoms with Crippen LogP contribution in [0.15, 0.2) is 0 Å². The van der Waals surface area contributed by atoms with Gasteiger partial charge in [0.2, 0.25) is 0 Å². The third-order valence-electron chi connectivity index (χ3n) is 2.76. The molecule has 0 saturated heterocycles. The molecule has 1 unspecified atom stereocenters. The van der Waals surface area contributed by atoms with Crippen LogP contribution in [0.4, 0.5) is 4.79 Å². The molecule has 1 aromatic rings. The van der Waals surface area contributed by atoms with Crippen molar-refractivity contribution in [2.75, 3.05) is 20.2 Å². The van der Waals surface area contributed by atoms with Crippen LogP contribution in [0.2, 0.25) is 5.15 Å². The first-order valence-electron chi connectivity index (χ1n) is 6.49. The number of aromatic nitrogens is 1. The van der Waals surface area contributed by atoms with Crippen LogP contribution in [-0.2, 0) is 10.2 Å². The third kappa shape index (κ3) is 5.01. The van der Waals surface area contributed by atoms with E-state index in [0.29, 0.717) is 23.4 Å². The summed E-state index contributed by atoms with van der Waals surface area (Å²) in [4.78, 5) is 16.6. The number of hydrogen-bond acceptors (Lipinski definition) is 6. The number of nitrogens with one attached hydrogen (secondary N) is 1. The third-order valence-corrected chi connectivity index (χ3v) is 4.47. The van der Waals surface area contributed by atoms with Crippen LogP contribution in [0.3, 0.4) is 0 Å². The Bertz CT molecular complexity index is 501. The molecule has 3 N–H and O–H groups in total. The predicted molar refractivity (Wildman–Crippen MR) is 84.3 cm³/mol. The normalized spacial score (nSPS) is 14.4. The van der Waals surface area contributed by atoms with Gasteiger partial charge in [-0.25, -0.2) is 4.79 Å². The molecule has 0 spiro atoms. The van der Waals surface area contributed by atoms with E-state index in [-0.39, 0.29) is 0 Å². The first-order valence-corrected chi connectivity index (χ1v) is 7.68. The smallest absolute Gasteiger partial charge is 0.407 e. The Hall–Kier alpha value is -1.05. The standard InChI is InChI=1S/C13H22ClN3O3S/c1-12(2,3)20-10(18)16-7-13(4,6-15)8-9(14)17-11(19-5)21-8/h6-7,15H2,1-5H3,(H,16,18). The lowest BCUT2D eigenvalue weighted by Gasteiger charge is -2.28. The van der Waals surface area contributed by atoms with Crippen molar-refractivity contribution in [3.8, 4) is 5.19 Å². The number of nitrogens with zero attached hydrogens (tertiary/aromatic N) is 1.